The zero-order chi connectivity index (χ0) is 13.8. The Morgan fingerprint density at radius 3 is 2.89 bits per heavy atom. The van der Waals surface area contributed by atoms with Gasteiger partial charge in [-0.25, -0.2) is 4.68 Å². The van der Waals surface area contributed by atoms with Gasteiger partial charge in [-0.05, 0) is 18.8 Å². The fourth-order valence-electron chi connectivity index (χ4n) is 1.94. The van der Waals surface area contributed by atoms with E-state index in [4.69, 9.17) is 11.6 Å². The van der Waals surface area contributed by atoms with Crippen molar-refractivity contribution in [3.05, 3.63) is 21.6 Å². The van der Waals surface area contributed by atoms with Crippen LogP contribution in [0.4, 0.5) is 5.69 Å². The summed E-state index contributed by atoms with van der Waals surface area (Å²) in [6, 6.07) is 0. The third kappa shape index (κ3) is 3.26. The third-order valence-electron chi connectivity index (χ3n) is 3.36. The highest BCUT2D eigenvalue weighted by Gasteiger charge is 2.20. The van der Waals surface area contributed by atoms with E-state index in [1.54, 1.807) is 0 Å². The molecule has 0 spiro atoms. The van der Waals surface area contributed by atoms with Crippen molar-refractivity contribution < 1.29 is 4.79 Å². The number of likely N-dealkylation sites (N-methyl/N-ethyl adjacent to an activating group) is 1. The Morgan fingerprint density at radius 1 is 1.58 bits per heavy atom. The molecule has 0 bridgehead atoms. The molecule has 104 valence electrons. The minimum Gasteiger partial charge on any atom is -0.370 e. The first-order valence-corrected chi connectivity index (χ1v) is 6.69. The molecule has 1 aliphatic carbocycles. The zero-order valence-corrected chi connectivity index (χ0v) is 11.5. The number of aromatic nitrogens is 2. The minimum absolute atomic E-state index is 0.0128. The second-order valence-corrected chi connectivity index (χ2v) is 5.09. The molecule has 1 fully saturated rings. The number of hydrogen-bond donors (Lipinski definition) is 2. The summed E-state index contributed by atoms with van der Waals surface area (Å²) in [6.45, 7) is 0.629. The van der Waals surface area contributed by atoms with Crippen LogP contribution in [0.2, 0.25) is 5.02 Å². The van der Waals surface area contributed by atoms with Crippen LogP contribution in [-0.2, 0) is 11.3 Å². The molecule has 2 rings (SSSR count). The molecule has 0 aliphatic heterocycles. The Hall–Kier alpha value is -1.56. The molecule has 1 heterocycles. The molecule has 1 aromatic rings. The smallest absolute Gasteiger partial charge is 0.291 e. The van der Waals surface area contributed by atoms with Crippen LogP contribution >= 0.6 is 11.6 Å². The molecule has 7 heteroatoms. The molecular formula is C12H17ClN4O2. The zero-order valence-electron chi connectivity index (χ0n) is 10.8. The lowest BCUT2D eigenvalue weighted by atomic mass is 9.85. The van der Waals surface area contributed by atoms with Gasteiger partial charge in [-0.2, -0.15) is 5.10 Å². The lowest BCUT2D eigenvalue weighted by Crippen LogP contribution is -2.33. The van der Waals surface area contributed by atoms with Crippen LogP contribution in [-0.4, -0.2) is 29.3 Å². The number of nitrogens with one attached hydrogen (secondary N) is 2. The van der Waals surface area contributed by atoms with Crippen LogP contribution in [0.5, 0.6) is 0 Å². The Bertz CT molecular complexity index is 525. The van der Waals surface area contributed by atoms with E-state index < -0.39 is 0 Å². The number of carbonyl (C=O) groups excluding carboxylic acids is 1. The van der Waals surface area contributed by atoms with Crippen molar-refractivity contribution in [2.75, 3.05) is 18.9 Å². The predicted molar refractivity (Wildman–Crippen MR) is 73.4 cm³/mol. The molecule has 0 radical (unpaired) electrons. The Morgan fingerprint density at radius 2 is 2.32 bits per heavy atom. The number of carbonyl (C=O) groups is 1. The topological polar surface area (TPSA) is 76.0 Å². The van der Waals surface area contributed by atoms with Gasteiger partial charge in [-0.1, -0.05) is 18.0 Å². The van der Waals surface area contributed by atoms with Gasteiger partial charge in [0.05, 0.1) is 17.8 Å². The monoisotopic (exact) mass is 284 g/mol. The van der Waals surface area contributed by atoms with E-state index in [1.807, 2.05) is 0 Å². The van der Waals surface area contributed by atoms with E-state index in [-0.39, 0.29) is 28.7 Å². The van der Waals surface area contributed by atoms with Crippen molar-refractivity contribution in [1.82, 2.24) is 15.1 Å². The van der Waals surface area contributed by atoms with Gasteiger partial charge < -0.3 is 10.6 Å². The minimum atomic E-state index is -0.275. The van der Waals surface area contributed by atoms with Gasteiger partial charge in [0.15, 0.2) is 0 Å². The van der Waals surface area contributed by atoms with E-state index in [9.17, 15) is 9.59 Å². The van der Waals surface area contributed by atoms with Gasteiger partial charge in [0.25, 0.3) is 5.56 Å². The van der Waals surface area contributed by atoms with Crippen LogP contribution in [0.3, 0.4) is 0 Å². The lowest BCUT2D eigenvalue weighted by Gasteiger charge is -2.25. The maximum atomic E-state index is 12.2. The number of nitrogens with zero attached hydrogens (tertiary/aromatic N) is 2. The van der Waals surface area contributed by atoms with Crippen LogP contribution in [0.25, 0.3) is 0 Å². The van der Waals surface area contributed by atoms with Gasteiger partial charge >= 0.3 is 0 Å². The van der Waals surface area contributed by atoms with E-state index >= 15 is 0 Å². The van der Waals surface area contributed by atoms with Gasteiger partial charge in [0.1, 0.15) is 5.69 Å². The third-order valence-corrected chi connectivity index (χ3v) is 3.64. The fourth-order valence-corrected chi connectivity index (χ4v) is 2.13. The van der Waals surface area contributed by atoms with Crippen molar-refractivity contribution in [1.29, 1.82) is 0 Å². The summed E-state index contributed by atoms with van der Waals surface area (Å²) >= 11 is 5.94. The van der Waals surface area contributed by atoms with Gasteiger partial charge in [0.2, 0.25) is 5.91 Å². The Labute approximate surface area is 116 Å². The lowest BCUT2D eigenvalue weighted by molar-refractivity contribution is -0.118. The van der Waals surface area contributed by atoms with Gasteiger partial charge in [0, 0.05) is 13.6 Å². The Balaban J connectivity index is 2.14. The molecule has 0 unspecified atom stereocenters. The number of amides is 1. The van der Waals surface area contributed by atoms with Gasteiger partial charge in [-0.15, -0.1) is 0 Å². The fraction of sp³-hybridized carbons (Fsp3) is 0.583. The largest absolute Gasteiger partial charge is 0.370 e. The highest BCUT2D eigenvalue weighted by molar-refractivity contribution is 6.33. The molecular weight excluding hydrogens is 268 g/mol. The highest BCUT2D eigenvalue weighted by atomic mass is 35.5. The van der Waals surface area contributed by atoms with E-state index in [2.05, 4.69) is 15.7 Å². The maximum absolute atomic E-state index is 12.2. The molecule has 1 aromatic heterocycles. The second kappa shape index (κ2) is 6.06. The summed E-state index contributed by atoms with van der Waals surface area (Å²) in [5.41, 5.74) is -0.0390. The predicted octanol–water partition coefficient (Wildman–Crippen LogP) is 0.855. The van der Waals surface area contributed by atoms with Crippen LogP contribution < -0.4 is 16.2 Å². The van der Waals surface area contributed by atoms with Crippen molar-refractivity contribution in [2.45, 2.75) is 25.8 Å². The average Bonchev–Trinajstić information content (AvgIpc) is 2.35. The van der Waals surface area contributed by atoms with Crippen LogP contribution in [0.1, 0.15) is 19.3 Å². The summed E-state index contributed by atoms with van der Waals surface area (Å²) in [6.07, 6.45) is 4.93. The van der Waals surface area contributed by atoms with Crippen LogP contribution in [0.15, 0.2) is 11.0 Å². The van der Waals surface area contributed by atoms with Crippen molar-refractivity contribution in [3.8, 4) is 0 Å². The molecule has 19 heavy (non-hydrogen) atoms. The quantitative estimate of drug-likeness (QED) is 0.841. The first-order chi connectivity index (χ1) is 9.11. The summed E-state index contributed by atoms with van der Waals surface area (Å²) in [5, 5.41) is 9.51. The Kier molecular flexibility index (Phi) is 4.42. The molecule has 1 aliphatic rings. The molecule has 0 saturated heterocycles. The summed E-state index contributed by atoms with van der Waals surface area (Å²) < 4.78 is 1.42. The molecule has 1 amide bonds. The maximum Gasteiger partial charge on any atom is 0.291 e. The molecule has 2 N–H and O–H groups in total. The molecule has 0 atom stereocenters. The van der Waals surface area contributed by atoms with Gasteiger partial charge in [-0.3, -0.25) is 9.59 Å². The molecule has 0 aromatic carbocycles. The summed E-state index contributed by atoms with van der Waals surface area (Å²) in [4.78, 5) is 23.4. The average molecular weight is 285 g/mol. The van der Waals surface area contributed by atoms with E-state index in [0.29, 0.717) is 12.5 Å². The molecule has 6 nitrogen and oxygen atoms in total. The van der Waals surface area contributed by atoms with Crippen molar-refractivity contribution in [3.63, 3.8) is 0 Å². The number of hydrogen-bond acceptors (Lipinski definition) is 4. The standard InChI is InChI=1S/C12H17ClN4O2/c1-14-10(18)6-15-11-9(13)5-16-17(12(11)19)7-8-3-2-4-8/h5,8,15H,2-4,6-7H2,1H3,(H,14,18). The summed E-state index contributed by atoms with van der Waals surface area (Å²) in [5.74, 6) is 0.316. The first-order valence-electron chi connectivity index (χ1n) is 6.32. The van der Waals surface area contributed by atoms with E-state index in [1.165, 1.54) is 24.3 Å². The second-order valence-electron chi connectivity index (χ2n) is 4.68. The highest BCUT2D eigenvalue weighted by Crippen LogP contribution is 2.27. The SMILES string of the molecule is CNC(=O)CNc1c(Cl)cnn(CC2CCC2)c1=O. The van der Waals surface area contributed by atoms with Crippen molar-refractivity contribution >= 4 is 23.2 Å². The normalized spacial score (nSPS) is 14.8. The van der Waals surface area contributed by atoms with Crippen LogP contribution in [0, 0.1) is 5.92 Å². The number of halogens is 1. The molecule has 1 saturated carbocycles. The number of rotatable bonds is 5. The number of anilines is 1. The summed E-state index contributed by atoms with van der Waals surface area (Å²) in [7, 11) is 1.53. The van der Waals surface area contributed by atoms with E-state index in [0.717, 1.165) is 12.8 Å². The first kappa shape index (κ1) is 13.9. The van der Waals surface area contributed by atoms with Crippen molar-refractivity contribution in [2.24, 2.45) is 5.92 Å².